The highest BCUT2D eigenvalue weighted by molar-refractivity contribution is 5.93. The van der Waals surface area contributed by atoms with Crippen molar-refractivity contribution in [1.82, 2.24) is 15.1 Å². The molecule has 0 radical (unpaired) electrons. The average molecular weight is 366 g/mol. The molecule has 0 aliphatic rings. The molecule has 1 heterocycles. The molecular weight excluding hydrogens is 340 g/mol. The Hall–Kier alpha value is -3.11. The second-order valence-corrected chi connectivity index (χ2v) is 6.10. The zero-order chi connectivity index (χ0) is 20.0. The molecule has 1 aromatic carbocycles. The lowest BCUT2D eigenvalue weighted by atomic mass is 10.0. The molecule has 27 heavy (non-hydrogen) atoms. The predicted octanol–water partition coefficient (Wildman–Crippen LogP) is 2.00. The lowest BCUT2D eigenvalue weighted by molar-refractivity contribution is 0.1000. The number of aliphatic imine (C=N–C) groups is 1. The molecule has 0 aliphatic heterocycles. The van der Waals surface area contributed by atoms with Crippen LogP contribution in [-0.4, -0.2) is 28.6 Å². The van der Waals surface area contributed by atoms with Crippen LogP contribution >= 0.6 is 0 Å². The van der Waals surface area contributed by atoms with Crippen molar-refractivity contribution in [3.63, 3.8) is 0 Å². The molecule has 142 valence electrons. The number of nitrogens with one attached hydrogen (secondary N) is 1. The summed E-state index contributed by atoms with van der Waals surface area (Å²) < 4.78 is 1.78. The Labute approximate surface area is 159 Å². The Kier molecular flexibility index (Phi) is 6.74. The van der Waals surface area contributed by atoms with Crippen molar-refractivity contribution in [2.75, 3.05) is 6.54 Å². The largest absolute Gasteiger partial charge is 0.390 e. The minimum atomic E-state index is -0.477. The molecule has 0 fully saturated rings. The predicted molar refractivity (Wildman–Crippen MR) is 108 cm³/mol. The van der Waals surface area contributed by atoms with E-state index in [1.807, 2.05) is 33.8 Å². The van der Waals surface area contributed by atoms with Crippen LogP contribution in [0.2, 0.25) is 0 Å². The van der Waals surface area contributed by atoms with Gasteiger partial charge in [0.15, 0.2) is 5.82 Å². The third kappa shape index (κ3) is 4.54. The van der Waals surface area contributed by atoms with Gasteiger partial charge < -0.3 is 16.8 Å². The summed E-state index contributed by atoms with van der Waals surface area (Å²) in [5.41, 5.74) is 14.6. The summed E-state index contributed by atoms with van der Waals surface area (Å²) >= 11 is 0. The van der Waals surface area contributed by atoms with E-state index in [-0.39, 0.29) is 6.04 Å². The molecule has 0 spiro atoms. The van der Waals surface area contributed by atoms with Crippen LogP contribution in [0.5, 0.6) is 0 Å². The van der Waals surface area contributed by atoms with Crippen LogP contribution < -0.4 is 16.8 Å². The fraction of sp³-hybridized carbons (Fsp3) is 0.350. The maximum Gasteiger partial charge on any atom is 0.248 e. The summed E-state index contributed by atoms with van der Waals surface area (Å²) in [7, 11) is 0. The Morgan fingerprint density at radius 3 is 2.74 bits per heavy atom. The number of hydrogen-bond donors (Lipinski definition) is 3. The highest BCUT2D eigenvalue weighted by Gasteiger charge is 2.20. The third-order valence-corrected chi connectivity index (χ3v) is 4.24. The number of carbonyl (C=O) groups is 1. The summed E-state index contributed by atoms with van der Waals surface area (Å²) in [6.07, 6.45) is 1.27. The molecule has 0 aliphatic carbocycles. The number of benzene rings is 1. The molecule has 1 amide bonds. The second-order valence-electron chi connectivity index (χ2n) is 6.10. The van der Waals surface area contributed by atoms with Crippen LogP contribution in [0.1, 0.15) is 59.6 Å². The van der Waals surface area contributed by atoms with Gasteiger partial charge in [-0.15, -0.1) is 0 Å². The molecule has 1 aromatic heterocycles. The zero-order valence-corrected chi connectivity index (χ0v) is 16.2. The second kappa shape index (κ2) is 9.01. The Balaban J connectivity index is 2.59. The van der Waals surface area contributed by atoms with Gasteiger partial charge in [0, 0.05) is 29.3 Å². The summed E-state index contributed by atoms with van der Waals surface area (Å²) in [6.45, 7) is 9.46. The van der Waals surface area contributed by atoms with Crippen molar-refractivity contribution >= 4 is 18.1 Å². The first kappa shape index (κ1) is 20.2. The molecule has 0 saturated carbocycles. The Bertz CT molecular complexity index is 917. The highest BCUT2D eigenvalue weighted by atomic mass is 16.1. The van der Waals surface area contributed by atoms with Gasteiger partial charge in [0.25, 0.3) is 0 Å². The topological polar surface area (TPSA) is 111 Å². The minimum Gasteiger partial charge on any atom is -0.390 e. The maximum absolute atomic E-state index is 11.4. The number of nitrogens with zero attached hydrogens (tertiary/aromatic N) is 3. The number of aromatic nitrogens is 2. The third-order valence-electron chi connectivity index (χ3n) is 4.24. The van der Waals surface area contributed by atoms with E-state index in [4.69, 9.17) is 11.5 Å². The number of hydrogen-bond acceptors (Lipinski definition) is 4. The van der Waals surface area contributed by atoms with E-state index in [0.29, 0.717) is 23.6 Å². The van der Waals surface area contributed by atoms with Crippen LogP contribution in [0, 0.1) is 18.8 Å². The van der Waals surface area contributed by atoms with Crippen LogP contribution in [0.4, 0.5) is 5.82 Å². The van der Waals surface area contributed by atoms with E-state index >= 15 is 0 Å². The fourth-order valence-corrected chi connectivity index (χ4v) is 2.83. The van der Waals surface area contributed by atoms with Crippen molar-refractivity contribution in [3.8, 4) is 11.8 Å². The van der Waals surface area contributed by atoms with Crippen LogP contribution in [0.25, 0.3) is 0 Å². The molecule has 0 bridgehead atoms. The zero-order valence-electron chi connectivity index (χ0n) is 16.2. The Morgan fingerprint density at radius 2 is 2.15 bits per heavy atom. The number of primary amides is 1. The van der Waals surface area contributed by atoms with Crippen LogP contribution in [-0.2, 0) is 6.54 Å². The number of nitrogens with two attached hydrogens (primary N) is 2. The van der Waals surface area contributed by atoms with Crippen LogP contribution in [0.3, 0.4) is 0 Å². The van der Waals surface area contributed by atoms with Crippen LogP contribution in [0.15, 0.2) is 23.2 Å². The van der Waals surface area contributed by atoms with Gasteiger partial charge in [0.05, 0.1) is 6.34 Å². The number of rotatable bonds is 6. The van der Waals surface area contributed by atoms with Crippen molar-refractivity contribution in [2.24, 2.45) is 16.5 Å². The Morgan fingerprint density at radius 1 is 1.41 bits per heavy atom. The van der Waals surface area contributed by atoms with Crippen molar-refractivity contribution < 1.29 is 4.79 Å². The van der Waals surface area contributed by atoms with Gasteiger partial charge in [-0.1, -0.05) is 18.9 Å². The van der Waals surface area contributed by atoms with Gasteiger partial charge in [-0.05, 0) is 50.9 Å². The number of carbonyl (C=O) groups excluding carboxylic acids is 1. The summed E-state index contributed by atoms with van der Waals surface area (Å²) in [5.74, 6) is 6.48. The highest BCUT2D eigenvalue weighted by Crippen LogP contribution is 2.29. The summed E-state index contributed by atoms with van der Waals surface area (Å²) in [4.78, 5) is 15.7. The van der Waals surface area contributed by atoms with E-state index in [1.165, 1.54) is 6.34 Å². The van der Waals surface area contributed by atoms with Gasteiger partial charge in [-0.3, -0.25) is 4.79 Å². The first-order valence-electron chi connectivity index (χ1n) is 8.93. The standard InChI is InChI=1S/C20H26N6O/c1-5-23-14(4)18-17(25-26(6-2)20(18)24-12-21)10-9-15-11-16(19(22)27)8-7-13(15)3/h7-8,11-12,14,23H,5-6H2,1-4H3,(H2,21,24)(H2,22,27). The van der Waals surface area contributed by atoms with E-state index in [9.17, 15) is 4.79 Å². The number of amides is 1. The smallest absolute Gasteiger partial charge is 0.248 e. The quantitative estimate of drug-likeness (QED) is 0.412. The van der Waals surface area contributed by atoms with Gasteiger partial charge >= 0.3 is 0 Å². The fourth-order valence-electron chi connectivity index (χ4n) is 2.83. The number of aryl methyl sites for hydroxylation is 2. The maximum atomic E-state index is 11.4. The first-order chi connectivity index (χ1) is 12.9. The summed E-state index contributed by atoms with van der Waals surface area (Å²) in [6, 6.07) is 5.24. The van der Waals surface area contributed by atoms with Crippen molar-refractivity contribution in [2.45, 2.75) is 40.3 Å². The normalized spacial score (nSPS) is 12.0. The van der Waals surface area contributed by atoms with Gasteiger partial charge in [0.1, 0.15) is 5.69 Å². The van der Waals surface area contributed by atoms with Gasteiger partial charge in [-0.2, -0.15) is 5.10 Å². The van der Waals surface area contributed by atoms with Gasteiger partial charge in [-0.25, -0.2) is 9.67 Å². The molecule has 7 heteroatoms. The average Bonchev–Trinajstić information content (AvgIpc) is 2.99. The molecule has 2 rings (SSSR count). The molecular formula is C20H26N6O. The minimum absolute atomic E-state index is 0.0105. The SMILES string of the molecule is CCNC(C)c1c(C#Cc2cc(C(N)=O)ccc2C)nn(CC)c1/N=C\N. The van der Waals surface area contributed by atoms with E-state index in [0.717, 1.165) is 23.2 Å². The monoisotopic (exact) mass is 366 g/mol. The van der Waals surface area contributed by atoms with E-state index < -0.39 is 5.91 Å². The van der Waals surface area contributed by atoms with Gasteiger partial charge in [0.2, 0.25) is 5.91 Å². The lowest BCUT2D eigenvalue weighted by Gasteiger charge is -2.12. The summed E-state index contributed by atoms with van der Waals surface area (Å²) in [5, 5.41) is 7.97. The van der Waals surface area contributed by atoms with E-state index in [2.05, 4.69) is 27.2 Å². The lowest BCUT2D eigenvalue weighted by Crippen LogP contribution is -2.18. The van der Waals surface area contributed by atoms with E-state index in [1.54, 1.807) is 16.8 Å². The molecule has 5 N–H and O–H groups in total. The van der Waals surface area contributed by atoms with Crippen molar-refractivity contribution in [1.29, 1.82) is 0 Å². The molecule has 0 saturated heterocycles. The molecule has 2 aromatic rings. The molecule has 1 atom stereocenters. The molecule has 7 nitrogen and oxygen atoms in total. The van der Waals surface area contributed by atoms with Crippen molar-refractivity contribution in [3.05, 3.63) is 46.1 Å². The molecule has 1 unspecified atom stereocenters. The first-order valence-corrected chi connectivity index (χ1v) is 8.93.